The van der Waals surface area contributed by atoms with E-state index in [2.05, 4.69) is 0 Å². The summed E-state index contributed by atoms with van der Waals surface area (Å²) in [5.41, 5.74) is 1.42. The summed E-state index contributed by atoms with van der Waals surface area (Å²) < 4.78 is 5.28. The summed E-state index contributed by atoms with van der Waals surface area (Å²) in [4.78, 5) is 26.5. The zero-order valence-electron chi connectivity index (χ0n) is 15.1. The fourth-order valence-corrected chi connectivity index (χ4v) is 2.92. The molecule has 0 saturated carbocycles. The van der Waals surface area contributed by atoms with Gasteiger partial charge in [-0.3, -0.25) is 9.59 Å². The van der Waals surface area contributed by atoms with E-state index in [4.69, 9.17) is 21.6 Å². The number of amides is 1. The van der Waals surface area contributed by atoms with Crippen LogP contribution >= 0.6 is 11.6 Å². The van der Waals surface area contributed by atoms with Crippen molar-refractivity contribution in [2.45, 2.75) is 25.7 Å². The lowest BCUT2D eigenvalue weighted by atomic mass is 9.97. The minimum Gasteiger partial charge on any atom is -0.455 e. The first-order chi connectivity index (χ1) is 13.1. The van der Waals surface area contributed by atoms with Gasteiger partial charge in [-0.2, -0.15) is 5.26 Å². The molecule has 0 heterocycles. The van der Waals surface area contributed by atoms with E-state index < -0.39 is 17.8 Å². The molecule has 1 unspecified atom stereocenters. The number of halogens is 1. The number of nitrogens with zero attached hydrogens (tertiary/aromatic N) is 2. The predicted molar refractivity (Wildman–Crippen MR) is 104 cm³/mol. The summed E-state index contributed by atoms with van der Waals surface area (Å²) in [5, 5.41) is 9.33. The normalized spacial score (nSPS) is 11.3. The number of hydrogen-bond donors (Lipinski definition) is 0. The van der Waals surface area contributed by atoms with Crippen molar-refractivity contribution in [3.63, 3.8) is 0 Å². The number of rotatable bonds is 8. The number of hydrogen-bond acceptors (Lipinski definition) is 4. The third-order valence-electron chi connectivity index (χ3n) is 4.10. The van der Waals surface area contributed by atoms with Crippen molar-refractivity contribution >= 4 is 29.2 Å². The van der Waals surface area contributed by atoms with Crippen LogP contribution in [0.15, 0.2) is 54.6 Å². The first-order valence-corrected chi connectivity index (χ1v) is 9.09. The van der Waals surface area contributed by atoms with E-state index in [-0.39, 0.29) is 19.6 Å². The minimum atomic E-state index is -0.441. The number of carbonyl (C=O) groups excluding carboxylic acids is 2. The van der Waals surface area contributed by atoms with Crippen LogP contribution in [0.3, 0.4) is 0 Å². The second kappa shape index (κ2) is 10.3. The smallest absolute Gasteiger partial charge is 0.313 e. The van der Waals surface area contributed by atoms with Gasteiger partial charge in [-0.05, 0) is 30.2 Å². The molecule has 0 spiro atoms. The van der Waals surface area contributed by atoms with Crippen LogP contribution in [0.25, 0.3) is 0 Å². The second-order valence-corrected chi connectivity index (χ2v) is 6.35. The Balaban J connectivity index is 2.06. The van der Waals surface area contributed by atoms with Gasteiger partial charge in [0.25, 0.3) is 5.91 Å². The van der Waals surface area contributed by atoms with Crippen molar-refractivity contribution in [2.24, 2.45) is 0 Å². The molecule has 2 aromatic carbocycles. The lowest BCUT2D eigenvalue weighted by Crippen LogP contribution is -2.36. The fourth-order valence-electron chi connectivity index (χ4n) is 2.74. The SMILES string of the molecule is CCC(C(=O)OCC(=O)N(CCC#N)c1cccc(Cl)c1)c1ccccc1. The van der Waals surface area contributed by atoms with Crippen LogP contribution < -0.4 is 4.90 Å². The molecule has 140 valence electrons. The maximum atomic E-state index is 12.6. The van der Waals surface area contributed by atoms with Gasteiger partial charge in [0, 0.05) is 17.3 Å². The van der Waals surface area contributed by atoms with Gasteiger partial charge in [0.05, 0.1) is 18.4 Å². The van der Waals surface area contributed by atoms with E-state index in [1.54, 1.807) is 24.3 Å². The highest BCUT2D eigenvalue weighted by Crippen LogP contribution is 2.22. The molecule has 1 atom stereocenters. The molecular formula is C21H21ClN2O3. The van der Waals surface area contributed by atoms with E-state index in [1.807, 2.05) is 43.3 Å². The van der Waals surface area contributed by atoms with E-state index in [9.17, 15) is 9.59 Å². The molecule has 0 aromatic heterocycles. The summed E-state index contributed by atoms with van der Waals surface area (Å²) >= 11 is 6.00. The van der Waals surface area contributed by atoms with Gasteiger partial charge in [0.15, 0.2) is 6.61 Å². The Morgan fingerprint density at radius 1 is 1.19 bits per heavy atom. The first kappa shape index (κ1) is 20.5. The van der Waals surface area contributed by atoms with Crippen molar-refractivity contribution < 1.29 is 14.3 Å². The summed E-state index contributed by atoms with van der Waals surface area (Å²) in [6.07, 6.45) is 0.733. The van der Waals surface area contributed by atoms with Crippen molar-refractivity contribution in [1.82, 2.24) is 0 Å². The van der Waals surface area contributed by atoms with Crippen LogP contribution in [0.5, 0.6) is 0 Å². The van der Waals surface area contributed by atoms with Gasteiger partial charge in [-0.1, -0.05) is 54.9 Å². The molecule has 0 radical (unpaired) electrons. The zero-order valence-corrected chi connectivity index (χ0v) is 15.9. The Morgan fingerprint density at radius 3 is 2.56 bits per heavy atom. The van der Waals surface area contributed by atoms with E-state index in [0.29, 0.717) is 17.1 Å². The zero-order chi connectivity index (χ0) is 19.6. The van der Waals surface area contributed by atoms with Gasteiger partial charge in [-0.25, -0.2) is 0 Å². The van der Waals surface area contributed by atoms with Gasteiger partial charge < -0.3 is 9.64 Å². The summed E-state index contributed by atoms with van der Waals surface area (Å²) in [7, 11) is 0. The van der Waals surface area contributed by atoms with Crippen LogP contribution in [0.2, 0.25) is 5.02 Å². The molecule has 27 heavy (non-hydrogen) atoms. The Hall–Kier alpha value is -2.84. The summed E-state index contributed by atoms with van der Waals surface area (Å²) in [6, 6.07) is 18.1. The molecule has 0 bridgehead atoms. The molecule has 0 aliphatic carbocycles. The summed E-state index contributed by atoms with van der Waals surface area (Å²) in [5.74, 6) is -1.26. The van der Waals surface area contributed by atoms with Crippen LogP contribution in [0, 0.1) is 11.3 Å². The molecule has 0 aliphatic heterocycles. The maximum Gasteiger partial charge on any atom is 0.313 e. The highest BCUT2D eigenvalue weighted by atomic mass is 35.5. The number of esters is 1. The molecule has 0 saturated heterocycles. The number of carbonyl (C=O) groups is 2. The van der Waals surface area contributed by atoms with Crippen molar-refractivity contribution in [2.75, 3.05) is 18.1 Å². The van der Waals surface area contributed by atoms with Gasteiger partial charge >= 0.3 is 5.97 Å². The quantitative estimate of drug-likeness (QED) is 0.635. The molecule has 2 rings (SSSR count). The van der Waals surface area contributed by atoms with Crippen LogP contribution in [0.1, 0.15) is 31.2 Å². The predicted octanol–water partition coefficient (Wildman–Crippen LogP) is 4.32. The lowest BCUT2D eigenvalue weighted by molar-refractivity contribution is -0.149. The minimum absolute atomic E-state index is 0.161. The van der Waals surface area contributed by atoms with E-state index in [1.165, 1.54) is 4.90 Å². The lowest BCUT2D eigenvalue weighted by Gasteiger charge is -2.22. The molecule has 0 N–H and O–H groups in total. The summed E-state index contributed by atoms with van der Waals surface area (Å²) in [6.45, 7) is 1.70. The molecule has 0 aliphatic rings. The Labute approximate surface area is 164 Å². The number of benzene rings is 2. The Kier molecular flexibility index (Phi) is 7.84. The monoisotopic (exact) mass is 384 g/mol. The largest absolute Gasteiger partial charge is 0.455 e. The number of ether oxygens (including phenoxy) is 1. The highest BCUT2D eigenvalue weighted by molar-refractivity contribution is 6.30. The van der Waals surface area contributed by atoms with Gasteiger partial charge in [0.1, 0.15) is 0 Å². The van der Waals surface area contributed by atoms with Crippen LogP contribution in [-0.4, -0.2) is 25.0 Å². The molecular weight excluding hydrogens is 364 g/mol. The van der Waals surface area contributed by atoms with E-state index >= 15 is 0 Å². The number of nitriles is 1. The maximum absolute atomic E-state index is 12.6. The Morgan fingerprint density at radius 2 is 1.93 bits per heavy atom. The third-order valence-corrected chi connectivity index (χ3v) is 4.34. The average Bonchev–Trinajstić information content (AvgIpc) is 2.68. The number of anilines is 1. The van der Waals surface area contributed by atoms with E-state index in [0.717, 1.165) is 5.56 Å². The van der Waals surface area contributed by atoms with Crippen LogP contribution in [-0.2, 0) is 14.3 Å². The van der Waals surface area contributed by atoms with Crippen molar-refractivity contribution in [3.05, 3.63) is 65.2 Å². The second-order valence-electron chi connectivity index (χ2n) is 5.91. The van der Waals surface area contributed by atoms with Gasteiger partial charge in [0.2, 0.25) is 0 Å². The first-order valence-electron chi connectivity index (χ1n) is 8.71. The molecule has 6 heteroatoms. The molecule has 0 fully saturated rings. The van der Waals surface area contributed by atoms with Crippen LogP contribution in [0.4, 0.5) is 5.69 Å². The molecule has 1 amide bonds. The topological polar surface area (TPSA) is 70.4 Å². The van der Waals surface area contributed by atoms with Crippen molar-refractivity contribution in [1.29, 1.82) is 5.26 Å². The Bertz CT molecular complexity index is 818. The highest BCUT2D eigenvalue weighted by Gasteiger charge is 2.23. The fraction of sp³-hybridized carbons (Fsp3) is 0.286. The van der Waals surface area contributed by atoms with Crippen molar-refractivity contribution in [3.8, 4) is 6.07 Å². The third kappa shape index (κ3) is 5.83. The average molecular weight is 385 g/mol. The molecule has 5 nitrogen and oxygen atoms in total. The molecule has 2 aromatic rings. The van der Waals surface area contributed by atoms with Gasteiger partial charge in [-0.15, -0.1) is 0 Å². The standard InChI is InChI=1S/C21H21ClN2O3/c1-2-19(16-8-4-3-5-9-16)21(26)27-15-20(25)24(13-7-12-23)18-11-6-10-17(22)14-18/h3-6,8-11,14,19H,2,7,13,15H2,1H3.